The van der Waals surface area contributed by atoms with Crippen LogP contribution < -0.4 is 0 Å². The Balaban J connectivity index is 1.67. The van der Waals surface area contributed by atoms with Crippen molar-refractivity contribution in [3.05, 3.63) is 57.3 Å². The molecule has 1 unspecified atom stereocenters. The van der Waals surface area contributed by atoms with Gasteiger partial charge < -0.3 is 9.80 Å². The van der Waals surface area contributed by atoms with Gasteiger partial charge in [0.2, 0.25) is 11.8 Å². The van der Waals surface area contributed by atoms with Crippen LogP contribution in [0.4, 0.5) is 0 Å². The normalized spacial score (nSPS) is 19.2. The molecule has 2 aromatic rings. The topological polar surface area (TPSA) is 40.6 Å². The van der Waals surface area contributed by atoms with E-state index in [0.29, 0.717) is 6.54 Å². The first-order valence-corrected chi connectivity index (χ1v) is 10.1. The van der Waals surface area contributed by atoms with E-state index in [2.05, 4.69) is 30.5 Å². The second-order valence-corrected chi connectivity index (χ2v) is 8.27. The number of rotatable bonds is 4. The van der Waals surface area contributed by atoms with Gasteiger partial charge in [-0.1, -0.05) is 24.3 Å². The molecule has 1 saturated carbocycles. The molecule has 1 aliphatic heterocycles. The van der Waals surface area contributed by atoms with E-state index in [1.165, 1.54) is 21.6 Å². The van der Waals surface area contributed by atoms with Gasteiger partial charge in [0.25, 0.3) is 0 Å². The molecule has 4 nitrogen and oxygen atoms in total. The van der Waals surface area contributed by atoms with Crippen LogP contribution in [-0.4, -0.2) is 40.7 Å². The van der Waals surface area contributed by atoms with Crippen molar-refractivity contribution in [3.63, 3.8) is 0 Å². The van der Waals surface area contributed by atoms with Crippen LogP contribution in [0.5, 0.6) is 0 Å². The Labute approximate surface area is 158 Å². The van der Waals surface area contributed by atoms with E-state index >= 15 is 0 Å². The molecule has 0 spiro atoms. The van der Waals surface area contributed by atoms with Crippen molar-refractivity contribution in [2.75, 3.05) is 13.1 Å². The molecule has 0 bridgehead atoms. The third kappa shape index (κ3) is 3.16. The fourth-order valence-corrected chi connectivity index (χ4v) is 4.84. The fourth-order valence-electron chi connectivity index (χ4n) is 3.93. The van der Waals surface area contributed by atoms with Crippen LogP contribution in [0.2, 0.25) is 0 Å². The number of carbonyl (C=O) groups excluding carboxylic acids is 2. The molecule has 4 rings (SSSR count). The Bertz CT molecular complexity index is 840. The van der Waals surface area contributed by atoms with Crippen molar-refractivity contribution < 1.29 is 9.59 Å². The monoisotopic (exact) mass is 368 g/mol. The minimum absolute atomic E-state index is 0.00141. The van der Waals surface area contributed by atoms with E-state index in [0.717, 1.165) is 19.3 Å². The number of hydrogen-bond acceptors (Lipinski definition) is 3. The summed E-state index contributed by atoms with van der Waals surface area (Å²) in [5, 5.41) is 2.12. The van der Waals surface area contributed by atoms with Crippen LogP contribution in [0.1, 0.15) is 47.4 Å². The predicted octanol–water partition coefficient (Wildman–Crippen LogP) is 3.54. The summed E-state index contributed by atoms with van der Waals surface area (Å²) in [6.45, 7) is 4.58. The quantitative estimate of drug-likeness (QED) is 0.828. The largest absolute Gasteiger partial charge is 0.331 e. The number of amides is 2. The van der Waals surface area contributed by atoms with Gasteiger partial charge in [-0.05, 0) is 54.3 Å². The van der Waals surface area contributed by atoms with E-state index in [4.69, 9.17) is 0 Å². The zero-order valence-electron chi connectivity index (χ0n) is 15.3. The summed E-state index contributed by atoms with van der Waals surface area (Å²) in [5.74, 6) is 0.0544. The second-order valence-electron chi connectivity index (χ2n) is 7.27. The molecule has 0 N–H and O–H groups in total. The Hall–Kier alpha value is -2.14. The first-order chi connectivity index (χ1) is 12.6. The molecule has 2 aliphatic rings. The molecule has 2 heterocycles. The van der Waals surface area contributed by atoms with Gasteiger partial charge in [-0.25, -0.2) is 0 Å². The minimum atomic E-state index is -0.0493. The number of thiophene rings is 1. The van der Waals surface area contributed by atoms with Crippen LogP contribution >= 0.6 is 11.3 Å². The van der Waals surface area contributed by atoms with Crippen molar-refractivity contribution in [2.24, 2.45) is 0 Å². The standard InChI is InChI=1S/C21H24N2O2S/c1-14-5-3-4-6-17(14)21-18-10-12-26-19(18)9-11-22(21)20(25)13-23(15(2)24)16-7-8-16/h3-6,10,12,16,21H,7-9,11,13H2,1-2H3. The molecule has 5 heteroatoms. The number of hydrogen-bond donors (Lipinski definition) is 0. The maximum absolute atomic E-state index is 13.2. The maximum atomic E-state index is 13.2. The SMILES string of the molecule is CC(=O)N(CC(=O)N1CCc2sccc2C1c1ccccc1C)C1CC1. The highest BCUT2D eigenvalue weighted by Crippen LogP contribution is 2.39. The van der Waals surface area contributed by atoms with Gasteiger partial charge in [-0.15, -0.1) is 11.3 Å². The predicted molar refractivity (Wildman–Crippen MR) is 103 cm³/mol. The van der Waals surface area contributed by atoms with Gasteiger partial charge in [0.1, 0.15) is 6.54 Å². The molecule has 1 atom stereocenters. The van der Waals surface area contributed by atoms with Gasteiger partial charge in [-0.2, -0.15) is 0 Å². The van der Waals surface area contributed by atoms with E-state index in [1.807, 2.05) is 17.0 Å². The molecule has 1 aliphatic carbocycles. The summed E-state index contributed by atoms with van der Waals surface area (Å²) < 4.78 is 0. The van der Waals surface area contributed by atoms with Crippen molar-refractivity contribution >= 4 is 23.2 Å². The Morgan fingerprint density at radius 2 is 1.96 bits per heavy atom. The van der Waals surface area contributed by atoms with E-state index in [9.17, 15) is 9.59 Å². The summed E-state index contributed by atoms with van der Waals surface area (Å²) in [6, 6.07) is 10.7. The van der Waals surface area contributed by atoms with E-state index in [-0.39, 0.29) is 30.4 Å². The highest BCUT2D eigenvalue weighted by molar-refractivity contribution is 7.10. The number of aryl methyl sites for hydroxylation is 1. The molecule has 0 saturated heterocycles. The van der Waals surface area contributed by atoms with Gasteiger partial charge in [0.15, 0.2) is 0 Å². The van der Waals surface area contributed by atoms with Gasteiger partial charge in [-0.3, -0.25) is 9.59 Å². The molecule has 136 valence electrons. The van der Waals surface area contributed by atoms with E-state index in [1.54, 1.807) is 23.2 Å². The average molecular weight is 369 g/mol. The first-order valence-electron chi connectivity index (χ1n) is 9.24. The maximum Gasteiger partial charge on any atom is 0.243 e. The van der Waals surface area contributed by atoms with Crippen LogP contribution in [0.3, 0.4) is 0 Å². The fraction of sp³-hybridized carbons (Fsp3) is 0.429. The average Bonchev–Trinajstić information content (AvgIpc) is 3.35. The van der Waals surface area contributed by atoms with Crippen LogP contribution in [-0.2, 0) is 16.0 Å². The lowest BCUT2D eigenvalue weighted by Crippen LogP contribution is -2.47. The Morgan fingerprint density at radius 3 is 2.65 bits per heavy atom. The van der Waals surface area contributed by atoms with Crippen LogP contribution in [0, 0.1) is 6.92 Å². The second kappa shape index (κ2) is 6.88. The summed E-state index contributed by atoms with van der Waals surface area (Å²) in [4.78, 5) is 30.3. The molecule has 26 heavy (non-hydrogen) atoms. The van der Waals surface area contributed by atoms with Crippen molar-refractivity contribution in [1.82, 2.24) is 9.80 Å². The summed E-state index contributed by atoms with van der Waals surface area (Å²) in [6.07, 6.45) is 2.93. The first kappa shape index (κ1) is 17.3. The van der Waals surface area contributed by atoms with E-state index < -0.39 is 0 Å². The summed E-state index contributed by atoms with van der Waals surface area (Å²) in [5.41, 5.74) is 3.62. The van der Waals surface area contributed by atoms with Gasteiger partial charge >= 0.3 is 0 Å². The van der Waals surface area contributed by atoms with Crippen LogP contribution in [0.25, 0.3) is 0 Å². The lowest BCUT2D eigenvalue weighted by atomic mass is 9.90. The molecule has 1 aromatic carbocycles. The van der Waals surface area contributed by atoms with Crippen molar-refractivity contribution in [2.45, 2.75) is 45.2 Å². The third-order valence-corrected chi connectivity index (χ3v) is 6.46. The minimum Gasteiger partial charge on any atom is -0.331 e. The van der Waals surface area contributed by atoms with Crippen LogP contribution in [0.15, 0.2) is 35.7 Å². The molecule has 2 amide bonds. The molecular formula is C21H24N2O2S. The lowest BCUT2D eigenvalue weighted by molar-refractivity contribution is -0.141. The number of benzene rings is 1. The summed E-state index contributed by atoms with van der Waals surface area (Å²) >= 11 is 1.77. The Morgan fingerprint density at radius 1 is 1.19 bits per heavy atom. The highest BCUT2D eigenvalue weighted by atomic mass is 32.1. The van der Waals surface area contributed by atoms with Crippen molar-refractivity contribution in [1.29, 1.82) is 0 Å². The molecule has 0 radical (unpaired) electrons. The smallest absolute Gasteiger partial charge is 0.243 e. The lowest BCUT2D eigenvalue weighted by Gasteiger charge is -2.38. The van der Waals surface area contributed by atoms with Crippen molar-refractivity contribution in [3.8, 4) is 0 Å². The molecule has 1 aromatic heterocycles. The van der Waals surface area contributed by atoms with Gasteiger partial charge in [0, 0.05) is 24.4 Å². The Kier molecular flexibility index (Phi) is 4.57. The molecule has 1 fully saturated rings. The third-order valence-electron chi connectivity index (χ3n) is 5.47. The number of carbonyl (C=O) groups is 2. The zero-order chi connectivity index (χ0) is 18.3. The number of fused-ring (bicyclic) bond motifs is 1. The van der Waals surface area contributed by atoms with Gasteiger partial charge in [0.05, 0.1) is 6.04 Å². The molecular weight excluding hydrogens is 344 g/mol. The number of nitrogens with zero attached hydrogens (tertiary/aromatic N) is 2. The zero-order valence-corrected chi connectivity index (χ0v) is 16.1. The highest BCUT2D eigenvalue weighted by Gasteiger charge is 2.37. The summed E-state index contributed by atoms with van der Waals surface area (Å²) in [7, 11) is 0.